The zero-order chi connectivity index (χ0) is 15.7. The summed E-state index contributed by atoms with van der Waals surface area (Å²) in [6, 6.07) is 3.61. The summed E-state index contributed by atoms with van der Waals surface area (Å²) in [6.45, 7) is 3.48. The van der Waals surface area contributed by atoms with E-state index in [9.17, 15) is 4.79 Å². The molecule has 0 aliphatic carbocycles. The third kappa shape index (κ3) is 5.15. The fourth-order valence-corrected chi connectivity index (χ4v) is 1.87. The van der Waals surface area contributed by atoms with Crippen LogP contribution in [0.1, 0.15) is 18.9 Å². The Hall–Kier alpha value is -1.95. The number of methoxy groups -OCH3 is 3. The van der Waals surface area contributed by atoms with E-state index < -0.39 is 0 Å². The van der Waals surface area contributed by atoms with Gasteiger partial charge in [-0.1, -0.05) is 6.92 Å². The highest BCUT2D eigenvalue weighted by atomic mass is 16.5. The Kier molecular flexibility index (Phi) is 7.39. The third-order valence-corrected chi connectivity index (χ3v) is 2.96. The van der Waals surface area contributed by atoms with Gasteiger partial charge < -0.3 is 24.8 Å². The van der Waals surface area contributed by atoms with Crippen molar-refractivity contribution in [3.8, 4) is 17.2 Å². The van der Waals surface area contributed by atoms with Crippen molar-refractivity contribution in [2.45, 2.75) is 19.9 Å². The minimum Gasteiger partial charge on any atom is -0.496 e. The summed E-state index contributed by atoms with van der Waals surface area (Å²) >= 11 is 0. The molecule has 0 aliphatic rings. The molecule has 0 fully saturated rings. The second-order valence-corrected chi connectivity index (χ2v) is 4.47. The topological polar surface area (TPSA) is 68.8 Å². The van der Waals surface area contributed by atoms with Gasteiger partial charge in [-0.3, -0.25) is 4.79 Å². The van der Waals surface area contributed by atoms with Crippen LogP contribution in [0, 0.1) is 0 Å². The molecule has 21 heavy (non-hydrogen) atoms. The van der Waals surface area contributed by atoms with Gasteiger partial charge in [-0.15, -0.1) is 0 Å². The van der Waals surface area contributed by atoms with Crippen molar-refractivity contribution in [2.75, 3.05) is 34.4 Å². The van der Waals surface area contributed by atoms with Crippen LogP contribution < -0.4 is 24.8 Å². The van der Waals surface area contributed by atoms with Gasteiger partial charge in [0.15, 0.2) is 11.5 Å². The van der Waals surface area contributed by atoms with Crippen LogP contribution in [-0.2, 0) is 11.3 Å². The van der Waals surface area contributed by atoms with Gasteiger partial charge in [0.05, 0.1) is 27.9 Å². The van der Waals surface area contributed by atoms with Gasteiger partial charge in [-0.25, -0.2) is 0 Å². The minimum atomic E-state index is -0.0173. The van der Waals surface area contributed by atoms with E-state index in [0.717, 1.165) is 12.0 Å². The molecule has 6 heteroatoms. The lowest BCUT2D eigenvalue weighted by molar-refractivity contribution is -0.120. The van der Waals surface area contributed by atoms with Crippen molar-refractivity contribution < 1.29 is 19.0 Å². The molecule has 118 valence electrons. The first-order valence-corrected chi connectivity index (χ1v) is 6.92. The molecule has 1 aromatic carbocycles. The van der Waals surface area contributed by atoms with E-state index in [1.165, 1.54) is 0 Å². The van der Waals surface area contributed by atoms with E-state index in [1.54, 1.807) is 27.4 Å². The number of rotatable bonds is 9. The average Bonchev–Trinajstić information content (AvgIpc) is 2.52. The molecule has 0 aliphatic heterocycles. The summed E-state index contributed by atoms with van der Waals surface area (Å²) in [6.07, 6.45) is 0.926. The monoisotopic (exact) mass is 296 g/mol. The fourth-order valence-electron chi connectivity index (χ4n) is 1.87. The van der Waals surface area contributed by atoms with Crippen LogP contribution in [0.3, 0.4) is 0 Å². The van der Waals surface area contributed by atoms with Crippen LogP contribution in [0.5, 0.6) is 17.2 Å². The number of nitrogens with one attached hydrogen (secondary N) is 2. The summed E-state index contributed by atoms with van der Waals surface area (Å²) in [5.74, 6) is 1.91. The van der Waals surface area contributed by atoms with Crippen molar-refractivity contribution in [1.29, 1.82) is 0 Å². The molecule has 0 heterocycles. The zero-order valence-corrected chi connectivity index (χ0v) is 13.1. The average molecular weight is 296 g/mol. The molecular weight excluding hydrogens is 272 g/mol. The molecule has 1 rings (SSSR count). The molecule has 1 aromatic rings. The first-order chi connectivity index (χ1) is 10.2. The summed E-state index contributed by atoms with van der Waals surface area (Å²) in [5.41, 5.74) is 0.901. The van der Waals surface area contributed by atoms with Crippen LogP contribution in [0.15, 0.2) is 12.1 Å². The lowest BCUT2D eigenvalue weighted by Crippen LogP contribution is -2.34. The largest absolute Gasteiger partial charge is 0.496 e. The van der Waals surface area contributed by atoms with Crippen LogP contribution in [0.25, 0.3) is 0 Å². The molecule has 0 spiro atoms. The Labute approximate surface area is 125 Å². The van der Waals surface area contributed by atoms with Gasteiger partial charge in [0.25, 0.3) is 0 Å². The predicted octanol–water partition coefficient (Wildman–Crippen LogP) is 1.33. The Bertz CT molecular complexity index is 463. The number of carbonyl (C=O) groups is 1. The van der Waals surface area contributed by atoms with Crippen molar-refractivity contribution >= 4 is 5.91 Å². The van der Waals surface area contributed by atoms with E-state index in [2.05, 4.69) is 10.6 Å². The molecular formula is C15H24N2O4. The summed E-state index contributed by atoms with van der Waals surface area (Å²) < 4.78 is 15.8. The van der Waals surface area contributed by atoms with Crippen molar-refractivity contribution in [3.63, 3.8) is 0 Å². The first-order valence-electron chi connectivity index (χ1n) is 6.92. The second kappa shape index (κ2) is 9.07. The molecule has 2 N–H and O–H groups in total. The standard InChI is InChI=1S/C15H24N2O4/c1-5-6-17-15(18)10-16-9-11-7-13(20-3)14(21-4)8-12(11)19-2/h7-8,16H,5-6,9-10H2,1-4H3,(H,17,18). The Morgan fingerprint density at radius 2 is 1.67 bits per heavy atom. The Morgan fingerprint density at radius 1 is 1.05 bits per heavy atom. The number of amides is 1. The van der Waals surface area contributed by atoms with E-state index in [1.807, 2.05) is 13.0 Å². The number of hydrogen-bond acceptors (Lipinski definition) is 5. The Balaban J connectivity index is 2.67. The van der Waals surface area contributed by atoms with E-state index in [-0.39, 0.29) is 12.5 Å². The van der Waals surface area contributed by atoms with Crippen LogP contribution in [-0.4, -0.2) is 40.3 Å². The van der Waals surface area contributed by atoms with Gasteiger partial charge in [-0.05, 0) is 12.5 Å². The quantitative estimate of drug-likeness (QED) is 0.719. The highest BCUT2D eigenvalue weighted by Crippen LogP contribution is 2.34. The smallest absolute Gasteiger partial charge is 0.233 e. The lowest BCUT2D eigenvalue weighted by Gasteiger charge is -2.14. The zero-order valence-electron chi connectivity index (χ0n) is 13.1. The van der Waals surface area contributed by atoms with E-state index >= 15 is 0 Å². The lowest BCUT2D eigenvalue weighted by atomic mass is 10.1. The van der Waals surface area contributed by atoms with Gasteiger partial charge in [0, 0.05) is 24.7 Å². The van der Waals surface area contributed by atoms with Crippen molar-refractivity contribution in [1.82, 2.24) is 10.6 Å². The van der Waals surface area contributed by atoms with Crippen LogP contribution in [0.4, 0.5) is 0 Å². The molecule has 1 amide bonds. The van der Waals surface area contributed by atoms with Crippen molar-refractivity contribution in [2.24, 2.45) is 0 Å². The summed E-state index contributed by atoms with van der Waals surface area (Å²) in [5, 5.41) is 5.90. The highest BCUT2D eigenvalue weighted by Gasteiger charge is 2.11. The molecule has 0 radical (unpaired) electrons. The van der Waals surface area contributed by atoms with Gasteiger partial charge in [-0.2, -0.15) is 0 Å². The highest BCUT2D eigenvalue weighted by molar-refractivity contribution is 5.77. The minimum absolute atomic E-state index is 0.0173. The van der Waals surface area contributed by atoms with Gasteiger partial charge >= 0.3 is 0 Å². The second-order valence-electron chi connectivity index (χ2n) is 4.47. The number of hydrogen-bond donors (Lipinski definition) is 2. The van der Waals surface area contributed by atoms with Gasteiger partial charge in [0.1, 0.15) is 5.75 Å². The van der Waals surface area contributed by atoms with Crippen LogP contribution in [0.2, 0.25) is 0 Å². The maximum atomic E-state index is 11.5. The molecule has 6 nitrogen and oxygen atoms in total. The third-order valence-electron chi connectivity index (χ3n) is 2.96. The molecule has 0 saturated heterocycles. The molecule has 0 unspecified atom stereocenters. The molecule has 0 aromatic heterocycles. The van der Waals surface area contributed by atoms with E-state index in [0.29, 0.717) is 30.3 Å². The van der Waals surface area contributed by atoms with Gasteiger partial charge in [0.2, 0.25) is 5.91 Å². The van der Waals surface area contributed by atoms with Crippen molar-refractivity contribution in [3.05, 3.63) is 17.7 Å². The van der Waals surface area contributed by atoms with E-state index in [4.69, 9.17) is 14.2 Å². The molecule has 0 saturated carbocycles. The number of carbonyl (C=O) groups excluding carboxylic acids is 1. The maximum Gasteiger partial charge on any atom is 0.233 e. The molecule has 0 bridgehead atoms. The van der Waals surface area contributed by atoms with Crippen LogP contribution >= 0.6 is 0 Å². The normalized spacial score (nSPS) is 10.1. The predicted molar refractivity (Wildman–Crippen MR) is 81.1 cm³/mol. The number of ether oxygens (including phenoxy) is 3. The Morgan fingerprint density at radius 3 is 2.24 bits per heavy atom. The first kappa shape index (κ1) is 17.1. The number of benzene rings is 1. The fraction of sp³-hybridized carbons (Fsp3) is 0.533. The summed E-state index contributed by atoms with van der Waals surface area (Å²) in [7, 11) is 4.76. The maximum absolute atomic E-state index is 11.5. The molecule has 0 atom stereocenters. The SMILES string of the molecule is CCCNC(=O)CNCc1cc(OC)c(OC)cc1OC. The summed E-state index contributed by atoms with van der Waals surface area (Å²) in [4.78, 5) is 11.5.